The van der Waals surface area contributed by atoms with Crippen molar-refractivity contribution in [2.24, 2.45) is 5.92 Å². The van der Waals surface area contributed by atoms with Crippen molar-refractivity contribution < 1.29 is 9.15 Å². The van der Waals surface area contributed by atoms with Crippen molar-refractivity contribution in [3.8, 4) is 5.75 Å². The summed E-state index contributed by atoms with van der Waals surface area (Å²) in [5.41, 5.74) is 1.08. The average molecular weight is 271 g/mol. The van der Waals surface area contributed by atoms with Crippen LogP contribution in [-0.4, -0.2) is 6.61 Å². The number of hydrogen-bond donors (Lipinski definition) is 1. The summed E-state index contributed by atoms with van der Waals surface area (Å²) in [6, 6.07) is 12.2. The van der Waals surface area contributed by atoms with Crippen LogP contribution in [0.4, 0.5) is 5.69 Å². The maximum Gasteiger partial charge on any atom is 0.123 e. The Balaban J connectivity index is 1.54. The monoisotopic (exact) mass is 271 g/mol. The highest BCUT2D eigenvalue weighted by atomic mass is 16.5. The molecule has 20 heavy (non-hydrogen) atoms. The smallest absolute Gasteiger partial charge is 0.123 e. The summed E-state index contributed by atoms with van der Waals surface area (Å²) in [6.45, 7) is 5.67. The molecule has 3 nitrogen and oxygen atoms in total. The van der Waals surface area contributed by atoms with Crippen molar-refractivity contribution in [1.82, 2.24) is 0 Å². The van der Waals surface area contributed by atoms with Crippen LogP contribution in [0.15, 0.2) is 40.8 Å². The third-order valence-corrected chi connectivity index (χ3v) is 3.79. The zero-order valence-electron chi connectivity index (χ0n) is 12.1. The van der Waals surface area contributed by atoms with E-state index < -0.39 is 0 Å². The second-order valence-electron chi connectivity index (χ2n) is 5.43. The number of rotatable bonds is 6. The average Bonchev–Trinajstić information content (AvgIpc) is 3.01. The van der Waals surface area contributed by atoms with Gasteiger partial charge in [-0.05, 0) is 55.7 Å². The van der Waals surface area contributed by atoms with Gasteiger partial charge in [0.15, 0.2) is 0 Å². The van der Waals surface area contributed by atoms with Crippen LogP contribution in [-0.2, 0) is 6.54 Å². The molecule has 2 atom stereocenters. The first-order valence-corrected chi connectivity index (χ1v) is 7.31. The van der Waals surface area contributed by atoms with Gasteiger partial charge in [-0.15, -0.1) is 0 Å². The predicted molar refractivity (Wildman–Crippen MR) is 80.2 cm³/mol. The molecular weight excluding hydrogens is 250 g/mol. The van der Waals surface area contributed by atoms with Gasteiger partial charge >= 0.3 is 0 Å². The quantitative estimate of drug-likeness (QED) is 0.844. The molecule has 0 amide bonds. The number of furan rings is 1. The van der Waals surface area contributed by atoms with Gasteiger partial charge in [-0.1, -0.05) is 6.92 Å². The molecular formula is C17H21NO2. The molecule has 1 N–H and O–H groups in total. The van der Waals surface area contributed by atoms with E-state index in [1.54, 1.807) is 0 Å². The van der Waals surface area contributed by atoms with E-state index in [9.17, 15) is 0 Å². The van der Waals surface area contributed by atoms with E-state index in [0.717, 1.165) is 35.4 Å². The van der Waals surface area contributed by atoms with Crippen molar-refractivity contribution in [1.29, 1.82) is 0 Å². The lowest BCUT2D eigenvalue weighted by atomic mass is 10.3. The first-order chi connectivity index (χ1) is 9.76. The van der Waals surface area contributed by atoms with Crippen molar-refractivity contribution in [2.45, 2.75) is 32.7 Å². The van der Waals surface area contributed by atoms with Crippen LogP contribution in [0.25, 0.3) is 0 Å². The van der Waals surface area contributed by atoms with Crippen molar-refractivity contribution in [2.75, 3.05) is 11.9 Å². The second kappa shape index (κ2) is 5.61. The van der Waals surface area contributed by atoms with Gasteiger partial charge in [0.2, 0.25) is 0 Å². The summed E-state index contributed by atoms with van der Waals surface area (Å²) in [7, 11) is 0. The Kier molecular flexibility index (Phi) is 3.68. The molecule has 1 fully saturated rings. The maximum absolute atomic E-state index is 5.87. The summed E-state index contributed by atoms with van der Waals surface area (Å²) < 4.78 is 11.3. The Morgan fingerprint density at radius 2 is 1.95 bits per heavy atom. The molecule has 0 bridgehead atoms. The van der Waals surface area contributed by atoms with Gasteiger partial charge in [-0.25, -0.2) is 0 Å². The lowest BCUT2D eigenvalue weighted by Crippen LogP contribution is -1.98. The van der Waals surface area contributed by atoms with Gasteiger partial charge in [-0.3, -0.25) is 0 Å². The van der Waals surface area contributed by atoms with Crippen molar-refractivity contribution >= 4 is 5.69 Å². The number of hydrogen-bond acceptors (Lipinski definition) is 3. The highest BCUT2D eigenvalue weighted by molar-refractivity contribution is 5.46. The van der Waals surface area contributed by atoms with E-state index in [-0.39, 0.29) is 0 Å². The number of anilines is 1. The molecule has 1 aromatic heterocycles. The molecule has 1 heterocycles. The molecule has 0 aliphatic heterocycles. The molecule has 106 valence electrons. The SMILES string of the molecule is CCOc1ccc(NCc2ccc(C3CC3C)o2)cc1. The van der Waals surface area contributed by atoms with E-state index in [4.69, 9.17) is 9.15 Å². The molecule has 2 unspecified atom stereocenters. The van der Waals surface area contributed by atoms with Crippen LogP contribution in [0.5, 0.6) is 5.75 Å². The van der Waals surface area contributed by atoms with Crippen LogP contribution in [0, 0.1) is 5.92 Å². The molecule has 1 aromatic carbocycles. The first kappa shape index (κ1) is 13.1. The normalized spacial score (nSPS) is 20.7. The largest absolute Gasteiger partial charge is 0.494 e. The van der Waals surface area contributed by atoms with Crippen LogP contribution >= 0.6 is 0 Å². The van der Waals surface area contributed by atoms with Gasteiger partial charge in [0.05, 0.1) is 13.2 Å². The summed E-state index contributed by atoms with van der Waals surface area (Å²) in [5.74, 6) is 4.47. The molecule has 3 heteroatoms. The topological polar surface area (TPSA) is 34.4 Å². The number of benzene rings is 1. The van der Waals surface area contributed by atoms with Gasteiger partial charge < -0.3 is 14.5 Å². The molecule has 2 aromatic rings. The molecule has 1 aliphatic rings. The maximum atomic E-state index is 5.87. The van der Waals surface area contributed by atoms with E-state index >= 15 is 0 Å². The highest BCUT2D eigenvalue weighted by Crippen LogP contribution is 2.47. The number of ether oxygens (including phenoxy) is 1. The van der Waals surface area contributed by atoms with E-state index in [1.165, 1.54) is 6.42 Å². The number of nitrogens with one attached hydrogen (secondary N) is 1. The van der Waals surface area contributed by atoms with Gasteiger partial charge in [-0.2, -0.15) is 0 Å². The Labute approximate surface area is 119 Å². The lowest BCUT2D eigenvalue weighted by Gasteiger charge is -2.06. The Morgan fingerprint density at radius 3 is 2.60 bits per heavy atom. The minimum Gasteiger partial charge on any atom is -0.494 e. The Hall–Kier alpha value is -1.90. The van der Waals surface area contributed by atoms with E-state index in [1.807, 2.05) is 31.2 Å². The fourth-order valence-electron chi connectivity index (χ4n) is 2.43. The van der Waals surface area contributed by atoms with E-state index in [2.05, 4.69) is 24.4 Å². The summed E-state index contributed by atoms with van der Waals surface area (Å²) >= 11 is 0. The highest BCUT2D eigenvalue weighted by Gasteiger charge is 2.36. The van der Waals surface area contributed by atoms with Crippen LogP contribution in [0.2, 0.25) is 0 Å². The first-order valence-electron chi connectivity index (χ1n) is 7.31. The summed E-state index contributed by atoms with van der Waals surface area (Å²) in [4.78, 5) is 0. The van der Waals surface area contributed by atoms with Crippen molar-refractivity contribution in [3.63, 3.8) is 0 Å². The zero-order valence-corrected chi connectivity index (χ0v) is 12.1. The Bertz CT molecular complexity index is 559. The second-order valence-corrected chi connectivity index (χ2v) is 5.43. The minimum atomic E-state index is 0.647. The molecule has 1 saturated carbocycles. The lowest BCUT2D eigenvalue weighted by molar-refractivity contribution is 0.340. The Morgan fingerprint density at radius 1 is 1.20 bits per heavy atom. The fraction of sp³-hybridized carbons (Fsp3) is 0.412. The summed E-state index contributed by atoms with van der Waals surface area (Å²) in [5, 5.41) is 3.36. The van der Waals surface area contributed by atoms with Gasteiger partial charge in [0.25, 0.3) is 0 Å². The molecule has 0 radical (unpaired) electrons. The molecule has 0 spiro atoms. The third kappa shape index (κ3) is 2.98. The predicted octanol–water partition coefficient (Wildman–Crippen LogP) is 4.41. The van der Waals surface area contributed by atoms with Crippen LogP contribution in [0.1, 0.15) is 37.7 Å². The standard InChI is InChI=1S/C17H21NO2/c1-3-19-14-6-4-13(5-7-14)18-11-15-8-9-17(20-15)16-10-12(16)2/h4-9,12,16,18H,3,10-11H2,1-2H3. The van der Waals surface area contributed by atoms with E-state index in [0.29, 0.717) is 12.5 Å². The third-order valence-electron chi connectivity index (χ3n) is 3.79. The van der Waals surface area contributed by atoms with Crippen LogP contribution < -0.4 is 10.1 Å². The minimum absolute atomic E-state index is 0.647. The molecule has 3 rings (SSSR count). The van der Waals surface area contributed by atoms with Gasteiger partial charge in [0.1, 0.15) is 17.3 Å². The molecule has 1 aliphatic carbocycles. The summed E-state index contributed by atoms with van der Waals surface area (Å²) in [6.07, 6.45) is 1.26. The van der Waals surface area contributed by atoms with Crippen LogP contribution in [0.3, 0.4) is 0 Å². The van der Waals surface area contributed by atoms with Crippen molar-refractivity contribution in [3.05, 3.63) is 47.9 Å². The fourth-order valence-corrected chi connectivity index (χ4v) is 2.43. The molecule has 0 saturated heterocycles. The van der Waals surface area contributed by atoms with Gasteiger partial charge in [0, 0.05) is 11.6 Å². The zero-order chi connectivity index (χ0) is 13.9.